The van der Waals surface area contributed by atoms with E-state index in [2.05, 4.69) is 5.32 Å². The number of aliphatic hydroxyl groups is 2. The molecule has 0 fully saturated rings. The predicted octanol–water partition coefficient (Wildman–Crippen LogP) is -2.20. The summed E-state index contributed by atoms with van der Waals surface area (Å²) in [5, 5.41) is 19.5. The molecule has 5 heteroatoms. The minimum Gasteiger partial charge on any atom is -0.394 e. The lowest BCUT2D eigenvalue weighted by atomic mass is 10.3. The van der Waals surface area contributed by atoms with Crippen LogP contribution in [0.15, 0.2) is 0 Å². The molecule has 2 atom stereocenters. The van der Waals surface area contributed by atoms with E-state index in [0.29, 0.717) is 0 Å². The van der Waals surface area contributed by atoms with Gasteiger partial charge in [0.2, 0.25) is 5.91 Å². The van der Waals surface area contributed by atoms with Gasteiger partial charge < -0.3 is 21.3 Å². The molecule has 1 amide bonds. The first-order chi connectivity index (χ1) is 5.07. The third-order valence-corrected chi connectivity index (χ3v) is 1.11. The van der Waals surface area contributed by atoms with Crippen molar-refractivity contribution in [3.05, 3.63) is 0 Å². The van der Waals surface area contributed by atoms with Gasteiger partial charge in [-0.25, -0.2) is 0 Å². The number of carbonyl (C=O) groups is 1. The number of nitrogens with two attached hydrogens (primary N) is 1. The second-order valence-corrected chi connectivity index (χ2v) is 2.38. The number of amides is 1. The Hall–Kier alpha value is -0.650. The van der Waals surface area contributed by atoms with Gasteiger partial charge in [0, 0.05) is 6.54 Å². The molecule has 0 aliphatic carbocycles. The van der Waals surface area contributed by atoms with Crippen LogP contribution in [-0.4, -0.2) is 41.4 Å². The molecule has 5 nitrogen and oxygen atoms in total. The van der Waals surface area contributed by atoms with Crippen molar-refractivity contribution in [1.29, 1.82) is 0 Å². The Kier molecular flexibility index (Phi) is 4.76. The maximum Gasteiger partial charge on any atom is 0.239 e. The molecule has 0 radical (unpaired) electrons. The third kappa shape index (κ3) is 4.72. The summed E-state index contributed by atoms with van der Waals surface area (Å²) >= 11 is 0. The molecule has 0 aromatic carbocycles. The molecule has 0 aromatic rings. The monoisotopic (exact) mass is 162 g/mol. The highest BCUT2D eigenvalue weighted by Crippen LogP contribution is 1.79. The quantitative estimate of drug-likeness (QED) is 0.377. The van der Waals surface area contributed by atoms with Crippen LogP contribution in [0.1, 0.15) is 6.92 Å². The van der Waals surface area contributed by atoms with Gasteiger partial charge in [-0.3, -0.25) is 4.79 Å². The van der Waals surface area contributed by atoms with Crippen molar-refractivity contribution in [2.45, 2.75) is 19.1 Å². The van der Waals surface area contributed by atoms with Crippen LogP contribution < -0.4 is 11.1 Å². The van der Waals surface area contributed by atoms with E-state index >= 15 is 0 Å². The number of hydrogen-bond donors (Lipinski definition) is 4. The molecule has 0 spiro atoms. The normalized spacial score (nSPS) is 15.6. The molecule has 66 valence electrons. The first-order valence-corrected chi connectivity index (χ1v) is 3.40. The second-order valence-electron chi connectivity index (χ2n) is 2.38. The van der Waals surface area contributed by atoms with Gasteiger partial charge in [0.15, 0.2) is 0 Å². The van der Waals surface area contributed by atoms with Gasteiger partial charge in [-0.15, -0.1) is 0 Å². The summed E-state index contributed by atoms with van der Waals surface area (Å²) in [7, 11) is 0. The topological polar surface area (TPSA) is 95.6 Å². The van der Waals surface area contributed by atoms with Crippen LogP contribution >= 0.6 is 0 Å². The molecular formula is C6H14N2O3. The van der Waals surface area contributed by atoms with Gasteiger partial charge in [-0.1, -0.05) is 0 Å². The Labute approximate surface area is 65.2 Å². The lowest BCUT2D eigenvalue weighted by Crippen LogP contribution is -2.44. The first-order valence-electron chi connectivity index (χ1n) is 3.40. The maximum absolute atomic E-state index is 10.8. The average molecular weight is 162 g/mol. The number of nitrogens with one attached hydrogen (secondary N) is 1. The van der Waals surface area contributed by atoms with Crippen molar-refractivity contribution in [2.75, 3.05) is 13.2 Å². The van der Waals surface area contributed by atoms with E-state index in [4.69, 9.17) is 15.9 Å². The van der Waals surface area contributed by atoms with E-state index in [1.54, 1.807) is 6.92 Å². The molecule has 0 rings (SSSR count). The fourth-order valence-corrected chi connectivity index (χ4v) is 0.462. The average Bonchev–Trinajstić information content (AvgIpc) is 1.98. The van der Waals surface area contributed by atoms with Crippen molar-refractivity contribution in [2.24, 2.45) is 5.73 Å². The molecule has 0 aromatic heterocycles. The summed E-state index contributed by atoms with van der Waals surface area (Å²) in [5.74, 6) is -0.451. The maximum atomic E-state index is 10.8. The minimum absolute atomic E-state index is 0.159. The summed E-state index contributed by atoms with van der Waals surface area (Å²) in [6.07, 6.45) is -0.593. The molecule has 11 heavy (non-hydrogen) atoms. The van der Waals surface area contributed by atoms with Crippen LogP contribution in [0.4, 0.5) is 0 Å². The number of rotatable bonds is 4. The van der Waals surface area contributed by atoms with Crippen molar-refractivity contribution >= 4 is 5.91 Å². The lowest BCUT2D eigenvalue weighted by Gasteiger charge is -2.10. The van der Waals surface area contributed by atoms with Gasteiger partial charge in [-0.2, -0.15) is 0 Å². The van der Waals surface area contributed by atoms with E-state index in [0.717, 1.165) is 0 Å². The highest BCUT2D eigenvalue weighted by Gasteiger charge is 2.11. The molecule has 0 saturated carbocycles. The highest BCUT2D eigenvalue weighted by molar-refractivity contribution is 5.81. The fraction of sp³-hybridized carbons (Fsp3) is 0.833. The van der Waals surface area contributed by atoms with Gasteiger partial charge in [-0.05, 0) is 6.92 Å². The smallest absolute Gasteiger partial charge is 0.239 e. The Morgan fingerprint density at radius 3 is 2.64 bits per heavy atom. The van der Waals surface area contributed by atoms with E-state index in [1.165, 1.54) is 0 Å². The van der Waals surface area contributed by atoms with Crippen LogP contribution in [0, 0.1) is 0 Å². The van der Waals surface area contributed by atoms with E-state index in [1.807, 2.05) is 0 Å². The Morgan fingerprint density at radius 2 is 2.27 bits per heavy atom. The molecule has 0 aliphatic heterocycles. The van der Waals surface area contributed by atoms with Crippen LogP contribution in [0.3, 0.4) is 0 Å². The number of carbonyl (C=O) groups excluding carboxylic acids is 1. The van der Waals surface area contributed by atoms with Crippen molar-refractivity contribution in [3.63, 3.8) is 0 Å². The molecule has 0 saturated heterocycles. The number of hydrogen-bond acceptors (Lipinski definition) is 4. The van der Waals surface area contributed by atoms with Gasteiger partial charge in [0.05, 0.1) is 12.7 Å². The number of aliphatic hydroxyl groups excluding tert-OH is 2. The van der Waals surface area contributed by atoms with Crippen LogP contribution in [0.2, 0.25) is 0 Å². The summed E-state index contributed by atoms with van der Waals surface area (Å²) in [5.41, 5.74) is 5.16. The molecule has 0 heterocycles. The summed E-state index contributed by atoms with van der Waals surface area (Å²) < 4.78 is 0. The third-order valence-electron chi connectivity index (χ3n) is 1.11. The summed E-state index contributed by atoms with van der Waals surface area (Å²) in [6.45, 7) is 1.32. The van der Waals surface area contributed by atoms with Crippen molar-refractivity contribution in [1.82, 2.24) is 5.32 Å². The second kappa shape index (κ2) is 5.06. The van der Waals surface area contributed by atoms with Gasteiger partial charge >= 0.3 is 0 Å². The van der Waals surface area contributed by atoms with Crippen LogP contribution in [0.5, 0.6) is 0 Å². The molecular weight excluding hydrogens is 148 g/mol. The zero-order valence-corrected chi connectivity index (χ0v) is 6.45. The largest absolute Gasteiger partial charge is 0.394 e. The summed E-state index contributed by atoms with van der Waals surface area (Å²) in [6, 6.07) is -0.895. The van der Waals surface area contributed by atoms with Crippen molar-refractivity contribution in [3.8, 4) is 0 Å². The van der Waals surface area contributed by atoms with Crippen molar-refractivity contribution < 1.29 is 15.0 Å². The summed E-state index contributed by atoms with van der Waals surface area (Å²) in [4.78, 5) is 10.8. The lowest BCUT2D eigenvalue weighted by molar-refractivity contribution is -0.123. The van der Waals surface area contributed by atoms with Gasteiger partial charge in [0.25, 0.3) is 0 Å². The molecule has 2 unspecified atom stereocenters. The molecule has 0 bridgehead atoms. The van der Waals surface area contributed by atoms with Crippen LogP contribution in [-0.2, 0) is 4.79 Å². The highest BCUT2D eigenvalue weighted by atomic mass is 16.3. The molecule has 0 aliphatic rings. The van der Waals surface area contributed by atoms with Gasteiger partial charge in [0.1, 0.15) is 6.04 Å². The first kappa shape index (κ1) is 10.3. The molecule has 5 N–H and O–H groups in total. The zero-order chi connectivity index (χ0) is 8.85. The SMILES string of the molecule is CC(O)CNC(=O)C(N)CO. The van der Waals surface area contributed by atoms with E-state index < -0.39 is 18.1 Å². The van der Waals surface area contributed by atoms with Crippen LogP contribution in [0.25, 0.3) is 0 Å². The Bertz CT molecular complexity index is 127. The fourth-order valence-electron chi connectivity index (χ4n) is 0.462. The van der Waals surface area contributed by atoms with E-state index in [9.17, 15) is 4.79 Å². The minimum atomic E-state index is -0.895. The Balaban J connectivity index is 3.52. The standard InChI is InChI=1S/C6H14N2O3/c1-4(10)2-8-6(11)5(7)3-9/h4-5,9-10H,2-3,7H2,1H3,(H,8,11). The predicted molar refractivity (Wildman–Crippen MR) is 39.8 cm³/mol. The Morgan fingerprint density at radius 1 is 1.73 bits per heavy atom. The zero-order valence-electron chi connectivity index (χ0n) is 6.45. The van der Waals surface area contributed by atoms with E-state index in [-0.39, 0.29) is 13.2 Å².